The summed E-state index contributed by atoms with van der Waals surface area (Å²) < 4.78 is 15.8. The highest BCUT2D eigenvalue weighted by Gasteiger charge is 2.19. The monoisotopic (exact) mass is 352 g/mol. The van der Waals surface area contributed by atoms with Gasteiger partial charge >= 0.3 is 0 Å². The number of rotatable bonds is 5. The SMILES string of the molecule is COc1cc(C(=O)NC(=S)NC2CCCCC2)cc(OC)c1OC. The molecular weight excluding hydrogens is 328 g/mol. The molecule has 0 heterocycles. The third kappa shape index (κ3) is 4.50. The number of carbonyl (C=O) groups is 1. The molecule has 2 rings (SSSR count). The molecule has 0 radical (unpaired) electrons. The van der Waals surface area contributed by atoms with Crippen LogP contribution >= 0.6 is 12.2 Å². The average Bonchev–Trinajstić information content (AvgIpc) is 2.60. The van der Waals surface area contributed by atoms with Gasteiger partial charge in [-0.3, -0.25) is 10.1 Å². The Balaban J connectivity index is 2.07. The Morgan fingerprint density at radius 3 is 2.12 bits per heavy atom. The van der Waals surface area contributed by atoms with Crippen molar-refractivity contribution < 1.29 is 19.0 Å². The third-order valence-corrected chi connectivity index (χ3v) is 4.31. The fourth-order valence-corrected chi connectivity index (χ4v) is 3.12. The van der Waals surface area contributed by atoms with Crippen molar-refractivity contribution in [3.8, 4) is 17.2 Å². The van der Waals surface area contributed by atoms with Crippen molar-refractivity contribution in [3.63, 3.8) is 0 Å². The molecule has 1 aromatic carbocycles. The Bertz CT molecular complexity index is 575. The van der Waals surface area contributed by atoms with E-state index in [0.717, 1.165) is 12.8 Å². The van der Waals surface area contributed by atoms with Gasteiger partial charge in [-0.1, -0.05) is 19.3 Å². The Kier molecular flexibility index (Phi) is 6.66. The van der Waals surface area contributed by atoms with Crippen LogP contribution in [0.1, 0.15) is 42.5 Å². The molecule has 0 aliphatic heterocycles. The van der Waals surface area contributed by atoms with Crippen molar-refractivity contribution in [2.75, 3.05) is 21.3 Å². The molecule has 1 amide bonds. The fourth-order valence-electron chi connectivity index (χ4n) is 2.86. The normalized spacial score (nSPS) is 14.6. The predicted octanol–water partition coefficient (Wildman–Crippen LogP) is 2.65. The highest BCUT2D eigenvalue weighted by atomic mass is 32.1. The molecule has 0 saturated heterocycles. The van der Waals surface area contributed by atoms with Crippen LogP contribution in [0, 0.1) is 0 Å². The molecule has 132 valence electrons. The molecule has 0 atom stereocenters. The van der Waals surface area contributed by atoms with E-state index in [1.165, 1.54) is 40.6 Å². The first kappa shape index (κ1) is 18.3. The smallest absolute Gasteiger partial charge is 0.257 e. The van der Waals surface area contributed by atoms with E-state index >= 15 is 0 Å². The second-order valence-corrected chi connectivity index (χ2v) is 6.08. The fraction of sp³-hybridized carbons (Fsp3) is 0.529. The van der Waals surface area contributed by atoms with Gasteiger partial charge in [0.05, 0.1) is 21.3 Å². The van der Waals surface area contributed by atoms with E-state index in [4.69, 9.17) is 26.4 Å². The van der Waals surface area contributed by atoms with Crippen LogP contribution in [0.2, 0.25) is 0 Å². The van der Waals surface area contributed by atoms with Gasteiger partial charge < -0.3 is 19.5 Å². The summed E-state index contributed by atoms with van der Waals surface area (Å²) in [6.45, 7) is 0. The van der Waals surface area contributed by atoms with Gasteiger partial charge in [-0.15, -0.1) is 0 Å². The molecule has 1 aliphatic carbocycles. The lowest BCUT2D eigenvalue weighted by atomic mass is 9.96. The first-order valence-corrected chi connectivity index (χ1v) is 8.41. The van der Waals surface area contributed by atoms with E-state index < -0.39 is 0 Å². The Morgan fingerprint density at radius 1 is 1.04 bits per heavy atom. The lowest BCUT2D eigenvalue weighted by Gasteiger charge is -2.24. The maximum atomic E-state index is 12.4. The van der Waals surface area contributed by atoms with Crippen LogP contribution in [0.3, 0.4) is 0 Å². The first-order chi connectivity index (χ1) is 11.6. The number of hydrogen-bond acceptors (Lipinski definition) is 5. The molecule has 1 aromatic rings. The van der Waals surface area contributed by atoms with Crippen molar-refractivity contribution in [1.82, 2.24) is 10.6 Å². The maximum absolute atomic E-state index is 12.4. The molecule has 0 bridgehead atoms. The minimum atomic E-state index is -0.317. The van der Waals surface area contributed by atoms with E-state index in [1.807, 2.05) is 0 Å². The Hall–Kier alpha value is -2.02. The van der Waals surface area contributed by atoms with Crippen molar-refractivity contribution in [2.24, 2.45) is 0 Å². The van der Waals surface area contributed by atoms with E-state index in [9.17, 15) is 4.79 Å². The number of methoxy groups -OCH3 is 3. The molecule has 0 unspecified atom stereocenters. The summed E-state index contributed by atoms with van der Waals surface area (Å²) in [5.74, 6) is 0.975. The van der Waals surface area contributed by atoms with Crippen molar-refractivity contribution >= 4 is 23.2 Å². The minimum Gasteiger partial charge on any atom is -0.493 e. The summed E-state index contributed by atoms with van der Waals surface area (Å²) in [6.07, 6.45) is 5.82. The molecular formula is C17H24N2O4S. The van der Waals surface area contributed by atoms with Gasteiger partial charge in [0, 0.05) is 11.6 Å². The first-order valence-electron chi connectivity index (χ1n) is 8.01. The number of thiocarbonyl (C=S) groups is 1. The van der Waals surface area contributed by atoms with Crippen molar-refractivity contribution in [3.05, 3.63) is 17.7 Å². The van der Waals surface area contributed by atoms with Gasteiger partial charge in [0.25, 0.3) is 5.91 Å². The van der Waals surface area contributed by atoms with Gasteiger partial charge in [0.1, 0.15) is 0 Å². The maximum Gasteiger partial charge on any atom is 0.257 e. The second kappa shape index (κ2) is 8.73. The quantitative estimate of drug-likeness (QED) is 0.794. The standard InChI is InChI=1S/C17H24N2O4S/c1-21-13-9-11(10-14(22-2)15(13)23-3)16(20)19-17(24)18-12-7-5-4-6-8-12/h9-10,12H,4-8H2,1-3H3,(H2,18,19,20,24). The summed E-state index contributed by atoms with van der Waals surface area (Å²) >= 11 is 5.25. The zero-order chi connectivity index (χ0) is 17.5. The predicted molar refractivity (Wildman–Crippen MR) is 96.2 cm³/mol. The van der Waals surface area contributed by atoms with Crippen LogP contribution in [-0.2, 0) is 0 Å². The largest absolute Gasteiger partial charge is 0.493 e. The highest BCUT2D eigenvalue weighted by Crippen LogP contribution is 2.38. The molecule has 2 N–H and O–H groups in total. The molecule has 0 spiro atoms. The molecule has 1 aliphatic rings. The number of hydrogen-bond donors (Lipinski definition) is 2. The minimum absolute atomic E-state index is 0.317. The topological polar surface area (TPSA) is 68.8 Å². The summed E-state index contributed by atoms with van der Waals surface area (Å²) in [7, 11) is 4.53. The molecule has 7 heteroatoms. The zero-order valence-electron chi connectivity index (χ0n) is 14.3. The number of nitrogens with one attached hydrogen (secondary N) is 2. The average molecular weight is 352 g/mol. The third-order valence-electron chi connectivity index (χ3n) is 4.09. The highest BCUT2D eigenvalue weighted by molar-refractivity contribution is 7.80. The molecule has 0 aromatic heterocycles. The molecule has 24 heavy (non-hydrogen) atoms. The number of benzene rings is 1. The molecule has 1 fully saturated rings. The van der Waals surface area contributed by atoms with Crippen molar-refractivity contribution in [1.29, 1.82) is 0 Å². The zero-order valence-corrected chi connectivity index (χ0v) is 15.1. The number of amides is 1. The van der Waals surface area contributed by atoms with Gasteiger partial charge in [-0.05, 0) is 37.2 Å². The lowest BCUT2D eigenvalue weighted by molar-refractivity contribution is 0.0975. The van der Waals surface area contributed by atoms with Gasteiger partial charge in [0.15, 0.2) is 16.6 Å². The lowest BCUT2D eigenvalue weighted by Crippen LogP contribution is -2.45. The van der Waals surface area contributed by atoms with Crippen LogP contribution in [0.15, 0.2) is 12.1 Å². The summed E-state index contributed by atoms with van der Waals surface area (Å²) in [4.78, 5) is 12.4. The summed E-state index contributed by atoms with van der Waals surface area (Å²) in [5.41, 5.74) is 0.386. The summed E-state index contributed by atoms with van der Waals surface area (Å²) in [5, 5.41) is 6.27. The Morgan fingerprint density at radius 2 is 1.62 bits per heavy atom. The van der Waals surface area contributed by atoms with Crippen LogP contribution in [0.5, 0.6) is 17.2 Å². The van der Waals surface area contributed by atoms with E-state index in [-0.39, 0.29) is 5.91 Å². The van der Waals surface area contributed by atoms with Crippen LogP contribution in [-0.4, -0.2) is 38.4 Å². The van der Waals surface area contributed by atoms with Crippen molar-refractivity contribution in [2.45, 2.75) is 38.1 Å². The molecule has 6 nitrogen and oxygen atoms in total. The molecule has 1 saturated carbocycles. The van der Waals surface area contributed by atoms with Crippen LogP contribution < -0.4 is 24.8 Å². The summed E-state index contributed by atoms with van der Waals surface area (Å²) in [6, 6.07) is 3.53. The van der Waals surface area contributed by atoms with E-state index in [2.05, 4.69) is 10.6 Å². The van der Waals surface area contributed by atoms with Gasteiger partial charge in [-0.25, -0.2) is 0 Å². The van der Waals surface area contributed by atoms with Gasteiger partial charge in [-0.2, -0.15) is 0 Å². The number of ether oxygens (including phenoxy) is 3. The second-order valence-electron chi connectivity index (χ2n) is 5.68. The van der Waals surface area contributed by atoms with Crippen LogP contribution in [0.25, 0.3) is 0 Å². The van der Waals surface area contributed by atoms with Gasteiger partial charge in [0.2, 0.25) is 5.75 Å². The number of carbonyl (C=O) groups excluding carboxylic acids is 1. The van der Waals surface area contributed by atoms with Crippen LogP contribution in [0.4, 0.5) is 0 Å². The van der Waals surface area contributed by atoms with E-state index in [0.29, 0.717) is 34.0 Å². The van der Waals surface area contributed by atoms with E-state index in [1.54, 1.807) is 12.1 Å². The Labute approximate surface area is 147 Å².